The number of benzene rings is 2. The van der Waals surface area contributed by atoms with Gasteiger partial charge in [-0.05, 0) is 24.0 Å². The van der Waals surface area contributed by atoms with Gasteiger partial charge in [-0.15, -0.1) is 0 Å². The largest absolute Gasteiger partial charge is 0.390 e. The Hall–Kier alpha value is -1.64. The molecule has 98 valence electrons. The van der Waals surface area contributed by atoms with Gasteiger partial charge in [0, 0.05) is 12.1 Å². The van der Waals surface area contributed by atoms with Gasteiger partial charge in [0.25, 0.3) is 0 Å². The minimum atomic E-state index is -0.250. The van der Waals surface area contributed by atoms with E-state index >= 15 is 0 Å². The molecule has 0 radical (unpaired) electrons. The summed E-state index contributed by atoms with van der Waals surface area (Å²) in [6.45, 7) is 0. The zero-order valence-electron chi connectivity index (χ0n) is 10.9. The average molecular weight is 253 g/mol. The summed E-state index contributed by atoms with van der Waals surface area (Å²) in [4.78, 5) is 0. The Morgan fingerprint density at radius 1 is 0.737 bits per heavy atom. The summed E-state index contributed by atoms with van der Waals surface area (Å²) in [6.07, 6.45) is 1.54. The minimum Gasteiger partial charge on any atom is -0.390 e. The first-order chi connectivity index (χ1) is 9.33. The van der Waals surface area contributed by atoms with Gasteiger partial charge >= 0.3 is 0 Å². The molecule has 0 spiro atoms. The fraction of sp³-hybridized carbons (Fsp3) is 0.294. The predicted molar refractivity (Wildman–Crippen MR) is 77.0 cm³/mol. The van der Waals surface area contributed by atoms with Crippen LogP contribution in [0, 0.1) is 0 Å². The van der Waals surface area contributed by atoms with E-state index in [-0.39, 0.29) is 18.2 Å². The van der Waals surface area contributed by atoms with Crippen LogP contribution >= 0.6 is 0 Å². The number of rotatable bonds is 4. The van der Waals surface area contributed by atoms with Crippen molar-refractivity contribution in [2.24, 2.45) is 0 Å². The van der Waals surface area contributed by atoms with E-state index < -0.39 is 0 Å². The number of aliphatic hydroxyl groups excluding tert-OH is 1. The van der Waals surface area contributed by atoms with Crippen LogP contribution in [0.1, 0.15) is 11.1 Å². The molecular weight excluding hydrogens is 234 g/mol. The van der Waals surface area contributed by atoms with Crippen molar-refractivity contribution in [3.05, 3.63) is 71.8 Å². The highest BCUT2D eigenvalue weighted by Crippen LogP contribution is 2.20. The Morgan fingerprint density at radius 2 is 1.16 bits per heavy atom. The normalized spacial score (nSPS) is 25.8. The highest BCUT2D eigenvalue weighted by atomic mass is 16.3. The van der Waals surface area contributed by atoms with Crippen LogP contribution in [-0.4, -0.2) is 23.3 Å². The Morgan fingerprint density at radius 3 is 1.53 bits per heavy atom. The lowest BCUT2D eigenvalue weighted by Gasteiger charge is -2.43. The third kappa shape index (κ3) is 2.86. The zero-order valence-corrected chi connectivity index (χ0v) is 10.9. The summed E-state index contributed by atoms with van der Waals surface area (Å²) >= 11 is 0. The van der Waals surface area contributed by atoms with Crippen molar-refractivity contribution in [2.45, 2.75) is 31.0 Å². The van der Waals surface area contributed by atoms with Crippen molar-refractivity contribution in [2.75, 3.05) is 0 Å². The second-order valence-electron chi connectivity index (χ2n) is 5.25. The molecule has 2 atom stereocenters. The molecule has 0 bridgehead atoms. The molecule has 3 rings (SSSR count). The fourth-order valence-electron chi connectivity index (χ4n) is 2.73. The summed E-state index contributed by atoms with van der Waals surface area (Å²) in [5, 5.41) is 13.7. The van der Waals surface area contributed by atoms with Crippen molar-refractivity contribution in [1.82, 2.24) is 5.32 Å². The molecule has 0 saturated carbocycles. The molecule has 2 nitrogen and oxygen atoms in total. The second-order valence-corrected chi connectivity index (χ2v) is 5.25. The smallest absolute Gasteiger partial charge is 0.0852 e. The molecule has 1 saturated heterocycles. The fourth-order valence-corrected chi connectivity index (χ4v) is 2.73. The van der Waals surface area contributed by atoms with Crippen LogP contribution in [0.15, 0.2) is 60.7 Å². The number of hydrogen-bond acceptors (Lipinski definition) is 2. The molecule has 2 aromatic rings. The van der Waals surface area contributed by atoms with E-state index in [0.29, 0.717) is 0 Å². The van der Waals surface area contributed by atoms with E-state index in [4.69, 9.17) is 0 Å². The van der Waals surface area contributed by atoms with Gasteiger partial charge in [0.15, 0.2) is 0 Å². The third-order valence-electron chi connectivity index (χ3n) is 3.85. The summed E-state index contributed by atoms with van der Waals surface area (Å²) in [5.74, 6) is 0. The maximum absolute atomic E-state index is 10.2. The van der Waals surface area contributed by atoms with Crippen LogP contribution in [0.25, 0.3) is 0 Å². The second kappa shape index (κ2) is 5.55. The van der Waals surface area contributed by atoms with Gasteiger partial charge < -0.3 is 10.4 Å². The third-order valence-corrected chi connectivity index (χ3v) is 3.85. The Bertz CT molecular complexity index is 464. The molecule has 1 aliphatic rings. The average Bonchev–Trinajstić information content (AvgIpc) is 2.48. The van der Waals surface area contributed by atoms with Crippen LogP contribution in [-0.2, 0) is 12.8 Å². The van der Waals surface area contributed by atoms with Gasteiger partial charge in [0.2, 0.25) is 0 Å². The minimum absolute atomic E-state index is 0.191. The monoisotopic (exact) mass is 253 g/mol. The Kier molecular flexibility index (Phi) is 3.62. The van der Waals surface area contributed by atoms with E-state index in [1.807, 2.05) is 36.4 Å². The van der Waals surface area contributed by atoms with Gasteiger partial charge in [-0.3, -0.25) is 0 Å². The number of hydrogen-bond donors (Lipinski definition) is 2. The van der Waals surface area contributed by atoms with Gasteiger partial charge in [-0.2, -0.15) is 0 Å². The molecule has 2 unspecified atom stereocenters. The van der Waals surface area contributed by atoms with Crippen LogP contribution in [0.5, 0.6) is 0 Å². The molecule has 1 fully saturated rings. The predicted octanol–water partition coefficient (Wildman–Crippen LogP) is 2.17. The zero-order chi connectivity index (χ0) is 13.1. The van der Waals surface area contributed by atoms with E-state index in [1.165, 1.54) is 11.1 Å². The SMILES string of the molecule is OC1C(Cc2ccccc2)NC1Cc1ccccc1. The molecule has 2 heteroatoms. The van der Waals surface area contributed by atoms with Crippen molar-refractivity contribution in [3.63, 3.8) is 0 Å². The first-order valence-corrected chi connectivity index (χ1v) is 6.85. The summed E-state index contributed by atoms with van der Waals surface area (Å²) in [5.41, 5.74) is 2.55. The molecule has 2 N–H and O–H groups in total. The lowest BCUT2D eigenvalue weighted by atomic mass is 9.85. The molecule has 19 heavy (non-hydrogen) atoms. The van der Waals surface area contributed by atoms with Crippen molar-refractivity contribution >= 4 is 0 Å². The van der Waals surface area contributed by atoms with Crippen molar-refractivity contribution in [3.8, 4) is 0 Å². The van der Waals surface area contributed by atoms with Gasteiger partial charge in [0.05, 0.1) is 6.10 Å². The van der Waals surface area contributed by atoms with Crippen LogP contribution in [0.4, 0.5) is 0 Å². The quantitative estimate of drug-likeness (QED) is 0.875. The Labute approximate surface area is 114 Å². The molecule has 0 amide bonds. The lowest BCUT2D eigenvalue weighted by molar-refractivity contribution is 0.00886. The molecule has 1 heterocycles. The molecule has 2 aromatic carbocycles. The van der Waals surface area contributed by atoms with Gasteiger partial charge in [-0.1, -0.05) is 60.7 Å². The van der Waals surface area contributed by atoms with E-state index in [0.717, 1.165) is 12.8 Å². The van der Waals surface area contributed by atoms with Crippen LogP contribution < -0.4 is 5.32 Å². The van der Waals surface area contributed by atoms with Crippen LogP contribution in [0.2, 0.25) is 0 Å². The maximum atomic E-state index is 10.2. The van der Waals surface area contributed by atoms with Gasteiger partial charge in [0.1, 0.15) is 0 Å². The highest BCUT2D eigenvalue weighted by molar-refractivity contribution is 5.21. The maximum Gasteiger partial charge on any atom is 0.0852 e. The summed E-state index contributed by atoms with van der Waals surface area (Å²) in [6, 6.07) is 21.0. The van der Waals surface area contributed by atoms with Crippen molar-refractivity contribution < 1.29 is 5.11 Å². The van der Waals surface area contributed by atoms with Gasteiger partial charge in [-0.25, -0.2) is 0 Å². The van der Waals surface area contributed by atoms with E-state index in [2.05, 4.69) is 29.6 Å². The topological polar surface area (TPSA) is 32.3 Å². The van der Waals surface area contributed by atoms with Crippen LogP contribution in [0.3, 0.4) is 0 Å². The lowest BCUT2D eigenvalue weighted by Crippen LogP contribution is -2.67. The molecule has 0 aliphatic carbocycles. The molecule has 0 aromatic heterocycles. The standard InChI is InChI=1S/C17H19NO/c19-17-15(11-13-7-3-1-4-8-13)18-16(17)12-14-9-5-2-6-10-14/h1-10,15-19H,11-12H2. The number of aliphatic hydroxyl groups is 1. The molecule has 1 aliphatic heterocycles. The van der Waals surface area contributed by atoms with Crippen molar-refractivity contribution in [1.29, 1.82) is 0 Å². The van der Waals surface area contributed by atoms with E-state index in [9.17, 15) is 5.11 Å². The summed E-state index contributed by atoms with van der Waals surface area (Å²) in [7, 11) is 0. The van der Waals surface area contributed by atoms with E-state index in [1.54, 1.807) is 0 Å². The first kappa shape index (κ1) is 12.4. The first-order valence-electron chi connectivity index (χ1n) is 6.85. The molecular formula is C17H19NO. The number of nitrogens with one attached hydrogen (secondary N) is 1. The summed E-state index contributed by atoms with van der Waals surface area (Å²) < 4.78 is 0. The Balaban J connectivity index is 1.54. The highest BCUT2D eigenvalue weighted by Gasteiger charge is 2.38.